The van der Waals surface area contributed by atoms with E-state index in [1.165, 1.54) is 0 Å². The fourth-order valence-electron chi connectivity index (χ4n) is 2.41. The summed E-state index contributed by atoms with van der Waals surface area (Å²) >= 11 is 0. The molecule has 0 aliphatic carbocycles. The zero-order valence-electron chi connectivity index (χ0n) is 13.1. The molecule has 0 aromatic carbocycles. The molecular formula is C15H27N3O. The molecule has 0 bridgehead atoms. The normalized spacial score (nSPS) is 12.3. The van der Waals surface area contributed by atoms with E-state index in [-0.39, 0.29) is 11.0 Å². The Bertz CT molecular complexity index is 397. The van der Waals surface area contributed by atoms with Crippen LogP contribution in [-0.4, -0.2) is 22.1 Å². The zero-order valence-corrected chi connectivity index (χ0v) is 13.1. The average Bonchev–Trinajstić information content (AvgIpc) is 2.22. The van der Waals surface area contributed by atoms with Crippen molar-refractivity contribution in [2.75, 3.05) is 11.9 Å². The highest BCUT2D eigenvalue weighted by atomic mass is 16.5. The monoisotopic (exact) mass is 265 g/mol. The van der Waals surface area contributed by atoms with Gasteiger partial charge in [-0.3, -0.25) is 0 Å². The summed E-state index contributed by atoms with van der Waals surface area (Å²) in [6.07, 6.45) is 3.57. The molecule has 4 nitrogen and oxygen atoms in total. The summed E-state index contributed by atoms with van der Waals surface area (Å²) in [5.41, 5.74) is 0.250. The van der Waals surface area contributed by atoms with E-state index in [2.05, 4.69) is 56.8 Å². The molecule has 1 aromatic heterocycles. The van der Waals surface area contributed by atoms with Gasteiger partial charge in [-0.2, -0.15) is 0 Å². The van der Waals surface area contributed by atoms with Crippen molar-refractivity contribution in [1.29, 1.82) is 0 Å². The number of anilines is 1. The Morgan fingerprint density at radius 3 is 2.42 bits per heavy atom. The zero-order chi connectivity index (χ0) is 14.5. The van der Waals surface area contributed by atoms with Gasteiger partial charge < -0.3 is 10.1 Å². The lowest BCUT2D eigenvalue weighted by Crippen LogP contribution is -2.35. The molecule has 1 heterocycles. The van der Waals surface area contributed by atoms with Gasteiger partial charge in [0.05, 0.1) is 6.61 Å². The molecule has 0 amide bonds. The van der Waals surface area contributed by atoms with Crippen LogP contribution in [0.25, 0.3) is 0 Å². The minimum atomic E-state index is -0.0192. The molecule has 0 aliphatic heterocycles. The number of nitrogens with one attached hydrogen (secondary N) is 1. The van der Waals surface area contributed by atoms with Crippen LogP contribution in [-0.2, 0) is 0 Å². The van der Waals surface area contributed by atoms with Crippen LogP contribution in [0.5, 0.6) is 5.88 Å². The molecule has 0 saturated heterocycles. The number of nitrogens with zero attached hydrogens (tertiary/aromatic N) is 2. The molecule has 0 fully saturated rings. The van der Waals surface area contributed by atoms with Crippen LogP contribution in [0.2, 0.25) is 0 Å². The maximum atomic E-state index is 5.52. The molecule has 4 heteroatoms. The number of hydrogen-bond acceptors (Lipinski definition) is 4. The minimum Gasteiger partial charge on any atom is -0.478 e. The van der Waals surface area contributed by atoms with Crippen LogP contribution >= 0.6 is 0 Å². The Morgan fingerprint density at radius 2 is 1.84 bits per heavy atom. The standard InChI is InChI=1S/C15H27N3O/c1-7-8-19-13-9-12(16-11-17-13)18-15(5,6)10-14(2,3)4/h9,11H,7-8,10H2,1-6H3,(H,16,17,18). The lowest BCUT2D eigenvalue weighted by atomic mass is 9.82. The Balaban J connectivity index is 2.70. The van der Waals surface area contributed by atoms with Crippen LogP contribution in [0.1, 0.15) is 54.4 Å². The Labute approximate surface area is 117 Å². The van der Waals surface area contributed by atoms with E-state index in [0.717, 1.165) is 18.7 Å². The van der Waals surface area contributed by atoms with Gasteiger partial charge in [0.15, 0.2) is 0 Å². The van der Waals surface area contributed by atoms with Crippen molar-refractivity contribution in [2.45, 2.75) is 59.9 Å². The largest absolute Gasteiger partial charge is 0.478 e. The van der Waals surface area contributed by atoms with E-state index in [4.69, 9.17) is 4.74 Å². The van der Waals surface area contributed by atoms with E-state index in [1.807, 2.05) is 6.07 Å². The Morgan fingerprint density at radius 1 is 1.16 bits per heavy atom. The number of hydrogen-bond donors (Lipinski definition) is 1. The van der Waals surface area contributed by atoms with Crippen LogP contribution in [0, 0.1) is 5.41 Å². The fraction of sp³-hybridized carbons (Fsp3) is 0.733. The molecule has 19 heavy (non-hydrogen) atoms. The van der Waals surface area contributed by atoms with E-state index in [9.17, 15) is 0 Å². The summed E-state index contributed by atoms with van der Waals surface area (Å²) in [5, 5.41) is 3.46. The number of rotatable bonds is 6. The maximum Gasteiger partial charge on any atom is 0.218 e. The van der Waals surface area contributed by atoms with Crippen LogP contribution in [0.4, 0.5) is 5.82 Å². The van der Waals surface area contributed by atoms with Gasteiger partial charge in [0.25, 0.3) is 0 Å². The predicted molar refractivity (Wildman–Crippen MR) is 79.6 cm³/mol. The van der Waals surface area contributed by atoms with E-state index < -0.39 is 0 Å². The van der Waals surface area contributed by atoms with E-state index in [1.54, 1.807) is 6.33 Å². The SMILES string of the molecule is CCCOc1cc(NC(C)(C)CC(C)(C)C)ncn1. The third-order valence-corrected chi connectivity index (χ3v) is 2.53. The van der Waals surface area contributed by atoms with Gasteiger partial charge in [0.2, 0.25) is 5.88 Å². The Kier molecular flexibility index (Phi) is 5.15. The third-order valence-electron chi connectivity index (χ3n) is 2.53. The quantitative estimate of drug-likeness (QED) is 0.847. The highest BCUT2D eigenvalue weighted by Crippen LogP contribution is 2.29. The molecule has 1 rings (SSSR count). The first kappa shape index (κ1) is 15.7. The lowest BCUT2D eigenvalue weighted by molar-refractivity contribution is 0.299. The number of ether oxygens (including phenoxy) is 1. The molecule has 0 aliphatic rings. The fourth-order valence-corrected chi connectivity index (χ4v) is 2.41. The van der Waals surface area contributed by atoms with Crippen molar-refractivity contribution in [2.24, 2.45) is 5.41 Å². The molecule has 108 valence electrons. The van der Waals surface area contributed by atoms with Gasteiger partial charge in [-0.1, -0.05) is 27.7 Å². The van der Waals surface area contributed by atoms with Gasteiger partial charge in [0.1, 0.15) is 12.1 Å². The second kappa shape index (κ2) is 6.22. The van der Waals surface area contributed by atoms with Gasteiger partial charge in [-0.25, -0.2) is 9.97 Å². The molecule has 1 aromatic rings. The summed E-state index contributed by atoms with van der Waals surface area (Å²) in [5.74, 6) is 1.45. The van der Waals surface area contributed by atoms with Crippen LogP contribution < -0.4 is 10.1 Å². The highest BCUT2D eigenvalue weighted by Gasteiger charge is 2.25. The van der Waals surface area contributed by atoms with Crippen molar-refractivity contribution in [3.8, 4) is 5.88 Å². The number of aromatic nitrogens is 2. The topological polar surface area (TPSA) is 47.0 Å². The molecular weight excluding hydrogens is 238 g/mol. The van der Waals surface area contributed by atoms with Crippen molar-refractivity contribution >= 4 is 5.82 Å². The van der Waals surface area contributed by atoms with Gasteiger partial charge in [0, 0.05) is 11.6 Å². The predicted octanol–water partition coefficient (Wildman–Crippen LogP) is 3.89. The van der Waals surface area contributed by atoms with Crippen molar-refractivity contribution in [3.05, 3.63) is 12.4 Å². The second-order valence-electron chi connectivity index (χ2n) is 6.84. The molecule has 0 unspecified atom stereocenters. The lowest BCUT2D eigenvalue weighted by Gasteiger charge is -2.33. The van der Waals surface area contributed by atoms with E-state index in [0.29, 0.717) is 12.5 Å². The second-order valence-corrected chi connectivity index (χ2v) is 6.84. The molecule has 0 saturated carbocycles. The third kappa shape index (κ3) is 6.41. The summed E-state index contributed by atoms with van der Waals surface area (Å²) in [6, 6.07) is 1.86. The van der Waals surface area contributed by atoms with E-state index >= 15 is 0 Å². The van der Waals surface area contributed by atoms with Crippen LogP contribution in [0.3, 0.4) is 0 Å². The maximum absolute atomic E-state index is 5.52. The summed E-state index contributed by atoms with van der Waals surface area (Å²) in [7, 11) is 0. The summed E-state index contributed by atoms with van der Waals surface area (Å²) in [4.78, 5) is 8.37. The average molecular weight is 265 g/mol. The smallest absolute Gasteiger partial charge is 0.218 e. The molecule has 1 N–H and O–H groups in total. The van der Waals surface area contributed by atoms with Crippen molar-refractivity contribution in [3.63, 3.8) is 0 Å². The van der Waals surface area contributed by atoms with Crippen molar-refractivity contribution in [1.82, 2.24) is 9.97 Å². The summed E-state index contributed by atoms with van der Waals surface area (Å²) in [6.45, 7) is 13.9. The van der Waals surface area contributed by atoms with Gasteiger partial charge in [-0.05, 0) is 32.1 Å². The first-order valence-electron chi connectivity index (χ1n) is 6.95. The molecule has 0 spiro atoms. The van der Waals surface area contributed by atoms with Gasteiger partial charge in [-0.15, -0.1) is 0 Å². The summed E-state index contributed by atoms with van der Waals surface area (Å²) < 4.78 is 5.52. The Hall–Kier alpha value is -1.32. The molecule has 0 radical (unpaired) electrons. The van der Waals surface area contributed by atoms with Crippen molar-refractivity contribution < 1.29 is 4.74 Å². The van der Waals surface area contributed by atoms with Crippen LogP contribution in [0.15, 0.2) is 12.4 Å². The molecule has 0 atom stereocenters. The van der Waals surface area contributed by atoms with Gasteiger partial charge >= 0.3 is 0 Å². The minimum absolute atomic E-state index is 0.0192. The highest BCUT2D eigenvalue weighted by molar-refractivity contribution is 5.39. The first-order valence-corrected chi connectivity index (χ1v) is 6.95. The first-order chi connectivity index (χ1) is 8.72.